The predicted molar refractivity (Wildman–Crippen MR) is 67.4 cm³/mol. The van der Waals surface area contributed by atoms with Gasteiger partial charge in [0.25, 0.3) is 5.91 Å². The minimum absolute atomic E-state index is 0.0750. The van der Waals surface area contributed by atoms with Gasteiger partial charge >= 0.3 is 0 Å². The second-order valence-electron chi connectivity index (χ2n) is 4.64. The number of furan rings is 1. The monoisotopic (exact) mass is 255 g/mol. The van der Waals surface area contributed by atoms with Crippen LogP contribution < -0.4 is 0 Å². The molecule has 2 atom stereocenters. The maximum atomic E-state index is 12.3. The van der Waals surface area contributed by atoms with Crippen molar-refractivity contribution < 1.29 is 9.21 Å². The first kappa shape index (κ1) is 12.5. The molecule has 2 heterocycles. The SMILES string of the molecule is CCc1occc1C(=O)N1CCC(Cl)C(C)C1. The zero-order valence-electron chi connectivity index (χ0n) is 10.3. The van der Waals surface area contributed by atoms with Crippen LogP contribution in [-0.4, -0.2) is 29.3 Å². The van der Waals surface area contributed by atoms with Crippen molar-refractivity contribution in [1.29, 1.82) is 0 Å². The first-order valence-corrected chi connectivity index (χ1v) is 6.56. The summed E-state index contributed by atoms with van der Waals surface area (Å²) in [5, 5.41) is 0.189. The molecule has 1 aromatic heterocycles. The molecule has 1 aromatic rings. The summed E-state index contributed by atoms with van der Waals surface area (Å²) in [6.07, 6.45) is 3.20. The van der Waals surface area contributed by atoms with E-state index in [2.05, 4.69) is 6.92 Å². The molecule has 1 fully saturated rings. The maximum Gasteiger partial charge on any atom is 0.257 e. The van der Waals surface area contributed by atoms with Gasteiger partial charge in [-0.05, 0) is 18.4 Å². The lowest BCUT2D eigenvalue weighted by Crippen LogP contribution is -2.43. The predicted octanol–water partition coefficient (Wildman–Crippen LogP) is 2.93. The van der Waals surface area contributed by atoms with Crippen molar-refractivity contribution in [1.82, 2.24) is 4.90 Å². The second-order valence-corrected chi connectivity index (χ2v) is 5.20. The lowest BCUT2D eigenvalue weighted by atomic mass is 9.99. The van der Waals surface area contributed by atoms with Crippen LogP contribution in [0.5, 0.6) is 0 Å². The van der Waals surface area contributed by atoms with Crippen LogP contribution in [0.2, 0.25) is 0 Å². The van der Waals surface area contributed by atoms with Crippen LogP contribution in [0.1, 0.15) is 36.4 Å². The van der Waals surface area contributed by atoms with Crippen molar-refractivity contribution in [2.75, 3.05) is 13.1 Å². The molecule has 0 aromatic carbocycles. The Labute approximate surface area is 107 Å². The molecule has 0 aliphatic carbocycles. The Hall–Kier alpha value is -0.960. The van der Waals surface area contributed by atoms with Crippen molar-refractivity contribution in [3.63, 3.8) is 0 Å². The second kappa shape index (κ2) is 5.13. The van der Waals surface area contributed by atoms with Crippen molar-refractivity contribution >= 4 is 17.5 Å². The molecule has 4 heteroatoms. The number of carbonyl (C=O) groups excluding carboxylic acids is 1. The highest BCUT2D eigenvalue weighted by atomic mass is 35.5. The number of alkyl halides is 1. The molecule has 1 aliphatic rings. The number of hydrogen-bond donors (Lipinski definition) is 0. The van der Waals surface area contributed by atoms with Crippen LogP contribution in [0, 0.1) is 5.92 Å². The maximum absolute atomic E-state index is 12.3. The molecule has 0 spiro atoms. The highest BCUT2D eigenvalue weighted by molar-refractivity contribution is 6.20. The Bertz CT molecular complexity index is 402. The van der Waals surface area contributed by atoms with E-state index >= 15 is 0 Å². The highest BCUT2D eigenvalue weighted by Gasteiger charge is 2.29. The van der Waals surface area contributed by atoms with Gasteiger partial charge in [0.2, 0.25) is 0 Å². The van der Waals surface area contributed by atoms with Gasteiger partial charge in [-0.2, -0.15) is 0 Å². The van der Waals surface area contributed by atoms with Crippen LogP contribution in [0.3, 0.4) is 0 Å². The summed E-state index contributed by atoms with van der Waals surface area (Å²) in [6.45, 7) is 5.56. The average molecular weight is 256 g/mol. The van der Waals surface area contributed by atoms with Crippen LogP contribution in [0.25, 0.3) is 0 Å². The number of amides is 1. The van der Waals surface area contributed by atoms with Gasteiger partial charge in [0, 0.05) is 24.9 Å². The summed E-state index contributed by atoms with van der Waals surface area (Å²) >= 11 is 6.16. The summed E-state index contributed by atoms with van der Waals surface area (Å²) in [5.74, 6) is 1.20. The number of nitrogens with zero attached hydrogens (tertiary/aromatic N) is 1. The summed E-state index contributed by atoms with van der Waals surface area (Å²) < 4.78 is 5.30. The smallest absolute Gasteiger partial charge is 0.257 e. The first-order valence-electron chi connectivity index (χ1n) is 6.13. The number of likely N-dealkylation sites (tertiary alicyclic amines) is 1. The standard InChI is InChI=1S/C13H18ClNO2/c1-3-12-10(5-7-17-12)13(16)15-6-4-11(14)9(2)8-15/h5,7,9,11H,3-4,6,8H2,1-2H3. The number of hydrogen-bond acceptors (Lipinski definition) is 2. The molecule has 3 nitrogen and oxygen atoms in total. The minimum Gasteiger partial charge on any atom is -0.469 e. The molecular weight excluding hydrogens is 238 g/mol. The third-order valence-corrected chi connectivity index (χ3v) is 4.03. The third kappa shape index (κ3) is 2.49. The molecule has 0 bridgehead atoms. The van der Waals surface area contributed by atoms with Crippen LogP contribution in [0.4, 0.5) is 0 Å². The zero-order chi connectivity index (χ0) is 12.4. The Morgan fingerprint density at radius 3 is 3.06 bits per heavy atom. The Morgan fingerprint density at radius 2 is 2.41 bits per heavy atom. The Balaban J connectivity index is 2.10. The molecular formula is C13H18ClNO2. The van der Waals surface area contributed by atoms with Gasteiger partial charge in [-0.15, -0.1) is 11.6 Å². The van der Waals surface area contributed by atoms with Crippen molar-refractivity contribution in [3.05, 3.63) is 23.7 Å². The van der Waals surface area contributed by atoms with Crippen LogP contribution in [0.15, 0.2) is 16.7 Å². The summed E-state index contributed by atoms with van der Waals surface area (Å²) in [7, 11) is 0. The average Bonchev–Trinajstić information content (AvgIpc) is 2.80. The largest absolute Gasteiger partial charge is 0.469 e. The number of halogens is 1. The fourth-order valence-corrected chi connectivity index (χ4v) is 2.45. The fourth-order valence-electron chi connectivity index (χ4n) is 2.28. The molecule has 2 unspecified atom stereocenters. The number of piperidine rings is 1. The van der Waals surface area contributed by atoms with Crippen LogP contribution in [-0.2, 0) is 6.42 Å². The molecule has 1 saturated heterocycles. The molecule has 0 saturated carbocycles. The summed E-state index contributed by atoms with van der Waals surface area (Å²) in [6, 6.07) is 1.76. The molecule has 1 amide bonds. The van der Waals surface area contributed by atoms with E-state index in [9.17, 15) is 4.79 Å². The molecule has 0 radical (unpaired) electrons. The van der Waals surface area contributed by atoms with E-state index in [4.69, 9.17) is 16.0 Å². The molecule has 0 N–H and O–H groups in total. The van der Waals surface area contributed by atoms with E-state index in [-0.39, 0.29) is 11.3 Å². The van der Waals surface area contributed by atoms with Gasteiger partial charge in [-0.3, -0.25) is 4.79 Å². The lowest BCUT2D eigenvalue weighted by molar-refractivity contribution is 0.0684. The number of rotatable bonds is 2. The van der Waals surface area contributed by atoms with E-state index in [1.54, 1.807) is 12.3 Å². The van der Waals surface area contributed by atoms with Gasteiger partial charge in [-0.1, -0.05) is 13.8 Å². The van der Waals surface area contributed by atoms with Gasteiger partial charge in [0.05, 0.1) is 11.8 Å². The van der Waals surface area contributed by atoms with Gasteiger partial charge in [0.15, 0.2) is 0 Å². The highest BCUT2D eigenvalue weighted by Crippen LogP contribution is 2.24. The fraction of sp³-hybridized carbons (Fsp3) is 0.615. The third-order valence-electron chi connectivity index (χ3n) is 3.38. The van der Waals surface area contributed by atoms with E-state index in [1.807, 2.05) is 11.8 Å². The quantitative estimate of drug-likeness (QED) is 0.762. The van der Waals surface area contributed by atoms with Crippen LogP contribution >= 0.6 is 11.6 Å². The van der Waals surface area contributed by atoms with Crippen molar-refractivity contribution in [3.8, 4) is 0 Å². The number of carbonyl (C=O) groups is 1. The Kier molecular flexibility index (Phi) is 3.77. The molecule has 1 aliphatic heterocycles. The first-order chi connectivity index (χ1) is 8.13. The normalized spacial score (nSPS) is 25.0. The van der Waals surface area contributed by atoms with E-state index in [1.165, 1.54) is 0 Å². The lowest BCUT2D eigenvalue weighted by Gasteiger charge is -2.34. The van der Waals surface area contributed by atoms with Crippen molar-refractivity contribution in [2.45, 2.75) is 32.1 Å². The van der Waals surface area contributed by atoms with E-state index < -0.39 is 0 Å². The topological polar surface area (TPSA) is 33.5 Å². The van der Waals surface area contributed by atoms with Gasteiger partial charge in [0.1, 0.15) is 5.76 Å². The van der Waals surface area contributed by atoms with Gasteiger partial charge < -0.3 is 9.32 Å². The van der Waals surface area contributed by atoms with Crippen molar-refractivity contribution in [2.24, 2.45) is 5.92 Å². The van der Waals surface area contributed by atoms with E-state index in [0.29, 0.717) is 11.5 Å². The van der Waals surface area contributed by atoms with E-state index in [0.717, 1.165) is 31.7 Å². The Morgan fingerprint density at radius 1 is 1.65 bits per heavy atom. The molecule has 17 heavy (non-hydrogen) atoms. The summed E-state index contributed by atoms with van der Waals surface area (Å²) in [5.41, 5.74) is 0.702. The molecule has 2 rings (SSSR count). The summed E-state index contributed by atoms with van der Waals surface area (Å²) in [4.78, 5) is 14.2. The number of aryl methyl sites for hydroxylation is 1. The zero-order valence-corrected chi connectivity index (χ0v) is 11.0. The minimum atomic E-state index is 0.0750. The molecule has 94 valence electrons. The van der Waals surface area contributed by atoms with Gasteiger partial charge in [-0.25, -0.2) is 0 Å².